The van der Waals surface area contributed by atoms with Gasteiger partial charge in [-0.15, -0.1) is 11.6 Å². The summed E-state index contributed by atoms with van der Waals surface area (Å²) in [6.45, 7) is 2.62. The van der Waals surface area contributed by atoms with Crippen LogP contribution in [0.25, 0.3) is 0 Å². The van der Waals surface area contributed by atoms with Crippen molar-refractivity contribution in [1.82, 2.24) is 0 Å². The van der Waals surface area contributed by atoms with Gasteiger partial charge in [-0.2, -0.15) is 0 Å². The first-order chi connectivity index (χ1) is 9.60. The average molecular weight is 374 g/mol. The van der Waals surface area contributed by atoms with Crippen molar-refractivity contribution >= 4 is 39.1 Å². The van der Waals surface area contributed by atoms with Crippen molar-refractivity contribution in [3.05, 3.63) is 63.1 Å². The van der Waals surface area contributed by atoms with Gasteiger partial charge in [-0.3, -0.25) is 0 Å². The molecule has 0 aliphatic carbocycles. The third kappa shape index (κ3) is 4.15. The zero-order valence-electron chi connectivity index (χ0n) is 11.1. The summed E-state index contributed by atoms with van der Waals surface area (Å²) in [7, 11) is 0. The summed E-state index contributed by atoms with van der Waals surface area (Å²) < 4.78 is 6.43. The summed E-state index contributed by atoms with van der Waals surface area (Å²) in [4.78, 5) is 0. The molecular weight excluding hydrogens is 359 g/mol. The van der Waals surface area contributed by atoms with E-state index in [4.69, 9.17) is 27.9 Å². The molecule has 0 saturated heterocycles. The number of hydrogen-bond acceptors (Lipinski definition) is 1. The molecule has 4 heteroatoms. The molecule has 2 rings (SSSR count). The summed E-state index contributed by atoms with van der Waals surface area (Å²) in [6.07, 6.45) is 0.755. The molecule has 0 spiro atoms. The molecular formula is C16H15BrCl2O. The van der Waals surface area contributed by atoms with Gasteiger partial charge in [0.25, 0.3) is 0 Å². The monoisotopic (exact) mass is 372 g/mol. The second-order valence-corrected chi connectivity index (χ2v) is 6.23. The van der Waals surface area contributed by atoms with E-state index in [9.17, 15) is 0 Å². The van der Waals surface area contributed by atoms with Crippen LogP contribution in [0.1, 0.15) is 23.4 Å². The van der Waals surface area contributed by atoms with E-state index in [1.165, 1.54) is 0 Å². The summed E-state index contributed by atoms with van der Waals surface area (Å²) >= 11 is 16.0. The van der Waals surface area contributed by atoms with Crippen molar-refractivity contribution < 1.29 is 4.74 Å². The molecule has 0 N–H and O–H groups in total. The van der Waals surface area contributed by atoms with Gasteiger partial charge in [0.2, 0.25) is 0 Å². The van der Waals surface area contributed by atoms with Gasteiger partial charge in [0.05, 0.1) is 12.0 Å². The predicted octanol–water partition coefficient (Wildman–Crippen LogP) is 6.02. The normalized spacial score (nSPS) is 12.2. The smallest absolute Gasteiger partial charge is 0.120 e. The fourth-order valence-electron chi connectivity index (χ4n) is 1.96. The van der Waals surface area contributed by atoms with Crippen LogP contribution in [0.3, 0.4) is 0 Å². The number of benzene rings is 2. The van der Waals surface area contributed by atoms with Crippen LogP contribution in [0.15, 0.2) is 46.9 Å². The van der Waals surface area contributed by atoms with E-state index < -0.39 is 0 Å². The Morgan fingerprint density at radius 2 is 1.85 bits per heavy atom. The van der Waals surface area contributed by atoms with Crippen LogP contribution in [-0.2, 0) is 6.42 Å². The van der Waals surface area contributed by atoms with Gasteiger partial charge < -0.3 is 4.74 Å². The van der Waals surface area contributed by atoms with E-state index in [-0.39, 0.29) is 5.38 Å². The number of alkyl halides is 1. The molecule has 106 valence electrons. The van der Waals surface area contributed by atoms with E-state index in [0.29, 0.717) is 6.61 Å². The molecule has 0 aliphatic heterocycles. The highest BCUT2D eigenvalue weighted by atomic mass is 79.9. The third-order valence-corrected chi connectivity index (χ3v) is 4.28. The Morgan fingerprint density at radius 3 is 2.45 bits per heavy atom. The Bertz CT molecular complexity index is 569. The van der Waals surface area contributed by atoms with Crippen molar-refractivity contribution in [3.63, 3.8) is 0 Å². The number of hydrogen-bond donors (Lipinski definition) is 0. The average Bonchev–Trinajstić information content (AvgIpc) is 2.42. The maximum atomic E-state index is 6.51. The van der Waals surface area contributed by atoms with E-state index in [1.54, 1.807) is 0 Å². The van der Waals surface area contributed by atoms with Crippen molar-refractivity contribution in [2.45, 2.75) is 18.7 Å². The van der Waals surface area contributed by atoms with Crippen LogP contribution in [0, 0.1) is 0 Å². The van der Waals surface area contributed by atoms with Gasteiger partial charge in [-0.1, -0.05) is 45.7 Å². The molecule has 2 aromatic rings. The van der Waals surface area contributed by atoms with E-state index >= 15 is 0 Å². The molecule has 0 amide bonds. The van der Waals surface area contributed by atoms with Crippen molar-refractivity contribution in [3.8, 4) is 5.75 Å². The lowest BCUT2D eigenvalue weighted by atomic mass is 10.0. The van der Waals surface area contributed by atoms with Gasteiger partial charge >= 0.3 is 0 Å². The Kier molecular flexibility index (Phi) is 5.76. The van der Waals surface area contributed by atoms with Crippen LogP contribution in [0.4, 0.5) is 0 Å². The first-order valence-corrected chi connectivity index (χ1v) is 8.01. The SMILES string of the molecule is CCOc1ccc(C(Cl)Cc2ccc(Cl)cc2)c(Br)c1. The number of ether oxygens (including phenoxy) is 1. The molecule has 0 heterocycles. The van der Waals surface area contributed by atoms with Gasteiger partial charge in [0, 0.05) is 9.50 Å². The van der Waals surface area contributed by atoms with Crippen LogP contribution in [-0.4, -0.2) is 6.61 Å². The molecule has 0 aliphatic rings. The second kappa shape index (κ2) is 7.35. The minimum Gasteiger partial charge on any atom is -0.494 e. The fraction of sp³-hybridized carbons (Fsp3) is 0.250. The second-order valence-electron chi connectivity index (χ2n) is 4.41. The maximum absolute atomic E-state index is 6.51. The lowest BCUT2D eigenvalue weighted by Gasteiger charge is -2.13. The molecule has 1 atom stereocenters. The molecule has 1 nitrogen and oxygen atoms in total. The standard InChI is InChI=1S/C16H15BrCl2O/c1-2-20-13-7-8-14(15(17)10-13)16(19)9-11-3-5-12(18)6-4-11/h3-8,10,16H,2,9H2,1H3. The van der Waals surface area contributed by atoms with Gasteiger partial charge in [-0.05, 0) is 48.7 Å². The minimum absolute atomic E-state index is 0.0961. The third-order valence-electron chi connectivity index (χ3n) is 2.95. The van der Waals surface area contributed by atoms with E-state index in [2.05, 4.69) is 15.9 Å². The van der Waals surface area contributed by atoms with Crippen LogP contribution in [0.5, 0.6) is 5.75 Å². The summed E-state index contributed by atoms with van der Waals surface area (Å²) in [5.41, 5.74) is 2.22. The maximum Gasteiger partial charge on any atom is 0.120 e. The zero-order chi connectivity index (χ0) is 14.5. The molecule has 2 aromatic carbocycles. The number of rotatable bonds is 5. The van der Waals surface area contributed by atoms with Gasteiger partial charge in [0.15, 0.2) is 0 Å². The van der Waals surface area contributed by atoms with Crippen molar-refractivity contribution in [2.75, 3.05) is 6.61 Å². The summed E-state index contributed by atoms with van der Waals surface area (Å²) in [5.74, 6) is 0.846. The number of halogens is 3. The van der Waals surface area contributed by atoms with E-state index in [1.807, 2.05) is 49.4 Å². The lowest BCUT2D eigenvalue weighted by molar-refractivity contribution is 0.340. The molecule has 1 unspecified atom stereocenters. The fourth-order valence-corrected chi connectivity index (χ4v) is 3.22. The first-order valence-electron chi connectivity index (χ1n) is 6.41. The van der Waals surface area contributed by atoms with Gasteiger partial charge in [-0.25, -0.2) is 0 Å². The van der Waals surface area contributed by atoms with Crippen LogP contribution >= 0.6 is 39.1 Å². The Balaban J connectivity index is 2.12. The Morgan fingerprint density at radius 1 is 1.15 bits per heavy atom. The van der Waals surface area contributed by atoms with Gasteiger partial charge in [0.1, 0.15) is 5.75 Å². The highest BCUT2D eigenvalue weighted by Crippen LogP contribution is 2.33. The van der Waals surface area contributed by atoms with Crippen molar-refractivity contribution in [2.24, 2.45) is 0 Å². The summed E-state index contributed by atoms with van der Waals surface area (Å²) in [6, 6.07) is 13.7. The van der Waals surface area contributed by atoms with Crippen LogP contribution < -0.4 is 4.74 Å². The Labute approximate surface area is 138 Å². The highest BCUT2D eigenvalue weighted by molar-refractivity contribution is 9.10. The largest absolute Gasteiger partial charge is 0.494 e. The van der Waals surface area contributed by atoms with E-state index in [0.717, 1.165) is 32.8 Å². The highest BCUT2D eigenvalue weighted by Gasteiger charge is 2.13. The molecule has 0 aromatic heterocycles. The first kappa shape index (κ1) is 15.7. The Hall–Kier alpha value is -0.700. The molecule has 0 saturated carbocycles. The molecule has 0 fully saturated rings. The molecule has 0 bridgehead atoms. The minimum atomic E-state index is -0.0961. The molecule has 0 radical (unpaired) electrons. The lowest BCUT2D eigenvalue weighted by Crippen LogP contribution is -1.98. The van der Waals surface area contributed by atoms with Crippen molar-refractivity contribution in [1.29, 1.82) is 0 Å². The van der Waals surface area contributed by atoms with Crippen LogP contribution in [0.2, 0.25) is 5.02 Å². The predicted molar refractivity (Wildman–Crippen MR) is 89.1 cm³/mol. The molecule has 20 heavy (non-hydrogen) atoms. The quantitative estimate of drug-likeness (QED) is 0.582. The zero-order valence-corrected chi connectivity index (χ0v) is 14.2. The summed E-state index contributed by atoms with van der Waals surface area (Å²) in [5, 5.41) is 0.642. The topological polar surface area (TPSA) is 9.23 Å².